The average Bonchev–Trinajstić information content (AvgIpc) is 2.54. The van der Waals surface area contributed by atoms with E-state index in [1.54, 1.807) is 7.11 Å². The summed E-state index contributed by atoms with van der Waals surface area (Å²) in [5.74, 6) is 0.396. The minimum Gasteiger partial charge on any atom is -0.385 e. The first-order valence-electron chi connectivity index (χ1n) is 6.52. The van der Waals surface area contributed by atoms with Crippen LogP contribution in [0.25, 0.3) is 0 Å². The van der Waals surface area contributed by atoms with Crippen molar-refractivity contribution in [3.8, 4) is 0 Å². The van der Waals surface area contributed by atoms with Gasteiger partial charge in [-0.1, -0.05) is 19.3 Å². The number of nitrogens with two attached hydrogens (primary N) is 1. The van der Waals surface area contributed by atoms with Crippen LogP contribution in [0, 0.1) is 5.92 Å². The third-order valence-electron chi connectivity index (χ3n) is 3.63. The van der Waals surface area contributed by atoms with Crippen molar-refractivity contribution in [3.05, 3.63) is 0 Å². The molecule has 0 aromatic rings. The highest BCUT2D eigenvalue weighted by atomic mass is 32.2. The van der Waals surface area contributed by atoms with Crippen molar-refractivity contribution in [3.63, 3.8) is 0 Å². The molecule has 1 aliphatic rings. The number of sulfone groups is 1. The summed E-state index contributed by atoms with van der Waals surface area (Å²) in [4.78, 5) is 0. The summed E-state index contributed by atoms with van der Waals surface area (Å²) in [5, 5.41) is -0.216. The zero-order valence-corrected chi connectivity index (χ0v) is 11.5. The molecule has 17 heavy (non-hydrogen) atoms. The Kier molecular flexibility index (Phi) is 6.44. The molecule has 1 saturated carbocycles. The van der Waals surface area contributed by atoms with E-state index in [4.69, 9.17) is 10.5 Å². The SMILES string of the molecule is COCCCS(=O)(=O)C1CCCCCC1CN. The Hall–Kier alpha value is -0.130. The van der Waals surface area contributed by atoms with Gasteiger partial charge in [-0.05, 0) is 31.7 Å². The summed E-state index contributed by atoms with van der Waals surface area (Å²) in [6, 6.07) is 0. The molecule has 2 N–H and O–H groups in total. The van der Waals surface area contributed by atoms with Gasteiger partial charge in [0, 0.05) is 13.7 Å². The van der Waals surface area contributed by atoms with Crippen molar-refractivity contribution in [1.82, 2.24) is 0 Å². The molecule has 0 radical (unpaired) electrons. The molecule has 0 aromatic heterocycles. The molecular formula is C12H25NO3S. The van der Waals surface area contributed by atoms with Crippen molar-refractivity contribution < 1.29 is 13.2 Å². The van der Waals surface area contributed by atoms with Gasteiger partial charge in [-0.2, -0.15) is 0 Å². The lowest BCUT2D eigenvalue weighted by Crippen LogP contribution is -2.35. The van der Waals surface area contributed by atoms with Gasteiger partial charge in [0.2, 0.25) is 0 Å². The molecule has 102 valence electrons. The van der Waals surface area contributed by atoms with Gasteiger partial charge in [0.15, 0.2) is 9.84 Å². The molecule has 1 aliphatic carbocycles. The first-order valence-corrected chi connectivity index (χ1v) is 8.24. The van der Waals surface area contributed by atoms with Crippen LogP contribution >= 0.6 is 0 Å². The second-order valence-electron chi connectivity index (χ2n) is 4.89. The highest BCUT2D eigenvalue weighted by Crippen LogP contribution is 2.28. The van der Waals surface area contributed by atoms with Gasteiger partial charge < -0.3 is 10.5 Å². The monoisotopic (exact) mass is 263 g/mol. The molecule has 0 aliphatic heterocycles. The zero-order valence-electron chi connectivity index (χ0n) is 10.7. The molecule has 0 spiro atoms. The first-order chi connectivity index (χ1) is 8.11. The lowest BCUT2D eigenvalue weighted by Gasteiger charge is -2.23. The smallest absolute Gasteiger partial charge is 0.153 e. The van der Waals surface area contributed by atoms with Crippen LogP contribution in [0.2, 0.25) is 0 Å². The molecule has 4 nitrogen and oxygen atoms in total. The molecule has 5 heteroatoms. The number of hydrogen-bond acceptors (Lipinski definition) is 4. The molecular weight excluding hydrogens is 238 g/mol. The number of hydrogen-bond donors (Lipinski definition) is 1. The fourth-order valence-corrected chi connectivity index (χ4v) is 4.83. The van der Waals surface area contributed by atoms with Gasteiger partial charge in [-0.25, -0.2) is 8.42 Å². The van der Waals surface area contributed by atoms with E-state index in [0.717, 1.165) is 32.1 Å². The maximum Gasteiger partial charge on any atom is 0.153 e. The molecule has 1 fully saturated rings. The normalized spacial score (nSPS) is 26.7. The van der Waals surface area contributed by atoms with E-state index in [-0.39, 0.29) is 16.9 Å². The Bertz CT molecular complexity index is 303. The maximum atomic E-state index is 12.3. The van der Waals surface area contributed by atoms with Gasteiger partial charge >= 0.3 is 0 Å². The van der Waals surface area contributed by atoms with Gasteiger partial charge in [-0.15, -0.1) is 0 Å². The van der Waals surface area contributed by atoms with Crippen molar-refractivity contribution in [2.45, 2.75) is 43.8 Å². The number of ether oxygens (including phenoxy) is 1. The fraction of sp³-hybridized carbons (Fsp3) is 1.00. The van der Waals surface area contributed by atoms with Crippen LogP contribution in [0.15, 0.2) is 0 Å². The lowest BCUT2D eigenvalue weighted by molar-refractivity contribution is 0.199. The van der Waals surface area contributed by atoms with E-state index in [9.17, 15) is 8.42 Å². The van der Waals surface area contributed by atoms with Crippen LogP contribution in [-0.4, -0.2) is 39.7 Å². The van der Waals surface area contributed by atoms with Gasteiger partial charge in [0.1, 0.15) is 0 Å². The van der Waals surface area contributed by atoms with Crippen LogP contribution < -0.4 is 5.73 Å². The molecule has 0 heterocycles. The van der Waals surface area contributed by atoms with Crippen molar-refractivity contribution in [1.29, 1.82) is 0 Å². The highest BCUT2D eigenvalue weighted by Gasteiger charge is 2.32. The molecule has 2 unspecified atom stereocenters. The Labute approximate surface area is 105 Å². The standard InChI is InChI=1S/C12H25NO3S/c1-16-8-5-9-17(14,15)12-7-4-2-3-6-11(12)10-13/h11-12H,2-10,13H2,1H3. The van der Waals surface area contributed by atoms with Crippen molar-refractivity contribution in [2.24, 2.45) is 11.7 Å². The third kappa shape index (κ3) is 4.56. The summed E-state index contributed by atoms with van der Waals surface area (Å²) in [6.07, 6.45) is 5.62. The van der Waals surface area contributed by atoms with Crippen LogP contribution in [-0.2, 0) is 14.6 Å². The van der Waals surface area contributed by atoms with Gasteiger partial charge in [0.05, 0.1) is 11.0 Å². The molecule has 1 rings (SSSR count). The minimum atomic E-state index is -3.00. The number of rotatable bonds is 6. The average molecular weight is 263 g/mol. The largest absolute Gasteiger partial charge is 0.385 e. The summed E-state index contributed by atoms with van der Waals surface area (Å²) in [6.45, 7) is 1.01. The second-order valence-corrected chi connectivity index (χ2v) is 7.23. The summed E-state index contributed by atoms with van der Waals surface area (Å²) >= 11 is 0. The minimum absolute atomic E-state index is 0.157. The topological polar surface area (TPSA) is 69.4 Å². The molecule has 0 saturated heterocycles. The maximum absolute atomic E-state index is 12.3. The lowest BCUT2D eigenvalue weighted by atomic mass is 10.0. The molecule has 0 aromatic carbocycles. The Balaban J connectivity index is 2.64. The van der Waals surface area contributed by atoms with Crippen molar-refractivity contribution in [2.75, 3.05) is 26.0 Å². The van der Waals surface area contributed by atoms with E-state index >= 15 is 0 Å². The summed E-state index contributed by atoms with van der Waals surface area (Å²) < 4.78 is 29.5. The fourth-order valence-electron chi connectivity index (χ4n) is 2.65. The highest BCUT2D eigenvalue weighted by molar-refractivity contribution is 7.92. The van der Waals surface area contributed by atoms with E-state index in [1.807, 2.05) is 0 Å². The van der Waals surface area contributed by atoms with Crippen LogP contribution in [0.5, 0.6) is 0 Å². The Morgan fingerprint density at radius 2 is 1.94 bits per heavy atom. The second kappa shape index (κ2) is 7.34. The molecule has 0 bridgehead atoms. The number of methoxy groups -OCH3 is 1. The Morgan fingerprint density at radius 3 is 2.59 bits per heavy atom. The van der Waals surface area contributed by atoms with E-state index in [1.165, 1.54) is 0 Å². The van der Waals surface area contributed by atoms with Crippen molar-refractivity contribution >= 4 is 9.84 Å². The van der Waals surface area contributed by atoms with E-state index in [2.05, 4.69) is 0 Å². The predicted octanol–water partition coefficient (Wildman–Crippen LogP) is 1.35. The third-order valence-corrected chi connectivity index (χ3v) is 6.03. The summed E-state index contributed by atoms with van der Waals surface area (Å²) in [7, 11) is -1.40. The first kappa shape index (κ1) is 14.9. The molecule has 0 amide bonds. The van der Waals surface area contributed by atoms with Crippen LogP contribution in [0.1, 0.15) is 38.5 Å². The molecule has 2 atom stereocenters. The quantitative estimate of drug-likeness (QED) is 0.580. The van der Waals surface area contributed by atoms with Gasteiger partial charge in [-0.3, -0.25) is 0 Å². The zero-order chi connectivity index (χ0) is 12.7. The summed E-state index contributed by atoms with van der Waals surface area (Å²) in [5.41, 5.74) is 5.73. The van der Waals surface area contributed by atoms with Crippen LogP contribution in [0.3, 0.4) is 0 Å². The van der Waals surface area contributed by atoms with Gasteiger partial charge in [0.25, 0.3) is 0 Å². The van der Waals surface area contributed by atoms with Crippen LogP contribution in [0.4, 0.5) is 0 Å². The van der Waals surface area contributed by atoms with E-state index in [0.29, 0.717) is 19.6 Å². The Morgan fingerprint density at radius 1 is 1.24 bits per heavy atom. The predicted molar refractivity (Wildman–Crippen MR) is 69.7 cm³/mol. The van der Waals surface area contributed by atoms with E-state index < -0.39 is 9.84 Å².